The molecule has 0 unspecified atom stereocenters. The van der Waals surface area contributed by atoms with Crippen molar-refractivity contribution in [3.63, 3.8) is 0 Å². The Hall–Kier alpha value is -3.47. The molecule has 3 rings (SSSR count). The average Bonchev–Trinajstić information content (AvgIpc) is 3.19. The second kappa shape index (κ2) is 9.77. The highest BCUT2D eigenvalue weighted by molar-refractivity contribution is 5.93. The van der Waals surface area contributed by atoms with Gasteiger partial charge in [-0.3, -0.25) is 9.48 Å². The molecule has 0 saturated carbocycles. The molecular formula is C21H22F3N5O3. The van der Waals surface area contributed by atoms with Crippen LogP contribution in [0.2, 0.25) is 0 Å². The zero-order chi connectivity index (χ0) is 23.3. The van der Waals surface area contributed by atoms with Gasteiger partial charge in [-0.2, -0.15) is 5.10 Å². The lowest BCUT2D eigenvalue weighted by Crippen LogP contribution is -2.27. The summed E-state index contributed by atoms with van der Waals surface area (Å²) in [7, 11) is 0. The number of halogens is 3. The van der Waals surface area contributed by atoms with Crippen LogP contribution in [-0.2, 0) is 6.54 Å². The molecule has 3 aromatic rings. The summed E-state index contributed by atoms with van der Waals surface area (Å²) in [5.41, 5.74) is 1.43. The van der Waals surface area contributed by atoms with Crippen LogP contribution in [0.25, 0.3) is 22.6 Å². The monoisotopic (exact) mass is 449 g/mol. The normalized spacial score (nSPS) is 11.6. The lowest BCUT2D eigenvalue weighted by atomic mass is 10.1. The minimum absolute atomic E-state index is 0.0449. The van der Waals surface area contributed by atoms with Gasteiger partial charge in [-0.05, 0) is 36.2 Å². The van der Waals surface area contributed by atoms with Crippen LogP contribution >= 0.6 is 0 Å². The molecule has 0 aliphatic heterocycles. The van der Waals surface area contributed by atoms with Gasteiger partial charge in [0.1, 0.15) is 11.4 Å². The first-order chi connectivity index (χ1) is 15.1. The number of hydrogen-bond donors (Lipinski definition) is 2. The average molecular weight is 449 g/mol. The van der Waals surface area contributed by atoms with Crippen LogP contribution < -0.4 is 10.1 Å². The van der Waals surface area contributed by atoms with Crippen molar-refractivity contribution in [2.24, 2.45) is 5.92 Å². The molecule has 2 heterocycles. The maximum atomic E-state index is 12.5. The van der Waals surface area contributed by atoms with E-state index in [4.69, 9.17) is 5.11 Å². The van der Waals surface area contributed by atoms with Crippen LogP contribution in [0.3, 0.4) is 0 Å². The number of benzene rings is 1. The van der Waals surface area contributed by atoms with Gasteiger partial charge in [0.2, 0.25) is 0 Å². The number of aliphatic hydroxyl groups excluding tert-OH is 1. The van der Waals surface area contributed by atoms with Gasteiger partial charge in [-0.1, -0.05) is 13.8 Å². The molecule has 0 bridgehead atoms. The highest BCUT2D eigenvalue weighted by Crippen LogP contribution is 2.27. The highest BCUT2D eigenvalue weighted by Gasteiger charge is 2.31. The largest absolute Gasteiger partial charge is 0.573 e. The van der Waals surface area contributed by atoms with Gasteiger partial charge in [-0.25, -0.2) is 9.97 Å². The Labute approximate surface area is 182 Å². The molecule has 170 valence electrons. The van der Waals surface area contributed by atoms with Gasteiger partial charge in [0.05, 0.1) is 24.1 Å². The number of nitrogens with one attached hydrogen (secondary N) is 1. The van der Waals surface area contributed by atoms with E-state index in [1.807, 2.05) is 13.8 Å². The number of nitrogens with zero attached hydrogens (tertiary/aromatic N) is 4. The summed E-state index contributed by atoms with van der Waals surface area (Å²) in [5, 5.41) is 15.8. The lowest BCUT2D eigenvalue weighted by Gasteiger charge is -2.10. The van der Waals surface area contributed by atoms with E-state index >= 15 is 0 Å². The van der Waals surface area contributed by atoms with Crippen molar-refractivity contribution in [3.05, 3.63) is 48.4 Å². The van der Waals surface area contributed by atoms with Crippen molar-refractivity contribution in [1.82, 2.24) is 25.1 Å². The minimum atomic E-state index is -4.79. The molecule has 0 aliphatic carbocycles. The summed E-state index contributed by atoms with van der Waals surface area (Å²) in [5.74, 6) is -0.281. The fourth-order valence-corrected chi connectivity index (χ4v) is 2.88. The third-order valence-corrected chi connectivity index (χ3v) is 4.18. The van der Waals surface area contributed by atoms with Gasteiger partial charge in [0.15, 0.2) is 5.82 Å². The second-order valence-corrected chi connectivity index (χ2v) is 7.36. The number of alkyl halides is 3. The molecule has 2 N–H and O–H groups in total. The molecule has 8 nitrogen and oxygen atoms in total. The van der Waals surface area contributed by atoms with E-state index in [-0.39, 0.29) is 30.4 Å². The highest BCUT2D eigenvalue weighted by atomic mass is 19.4. The zero-order valence-corrected chi connectivity index (χ0v) is 17.4. The van der Waals surface area contributed by atoms with Gasteiger partial charge in [0, 0.05) is 24.8 Å². The number of carbonyl (C=O) groups is 1. The third-order valence-electron chi connectivity index (χ3n) is 4.18. The van der Waals surface area contributed by atoms with Gasteiger partial charge < -0.3 is 15.2 Å². The maximum Gasteiger partial charge on any atom is 0.573 e. The number of amides is 1. The Balaban J connectivity index is 1.98. The first-order valence-corrected chi connectivity index (χ1v) is 9.82. The first-order valence-electron chi connectivity index (χ1n) is 9.82. The molecule has 2 aromatic heterocycles. The summed E-state index contributed by atoms with van der Waals surface area (Å²) in [6.07, 6.45) is -1.45. The zero-order valence-electron chi connectivity index (χ0n) is 17.4. The number of aromatic nitrogens is 4. The molecule has 0 aliphatic rings. The van der Waals surface area contributed by atoms with E-state index in [9.17, 15) is 18.0 Å². The Kier molecular flexibility index (Phi) is 7.08. The van der Waals surface area contributed by atoms with Crippen molar-refractivity contribution in [3.8, 4) is 28.4 Å². The van der Waals surface area contributed by atoms with Crippen LogP contribution in [0.4, 0.5) is 13.2 Å². The van der Waals surface area contributed by atoms with Crippen molar-refractivity contribution in [1.29, 1.82) is 0 Å². The predicted octanol–water partition coefficient (Wildman–Crippen LogP) is 3.28. The minimum Gasteiger partial charge on any atom is -0.406 e. The van der Waals surface area contributed by atoms with E-state index in [0.717, 1.165) is 12.1 Å². The summed E-state index contributed by atoms with van der Waals surface area (Å²) in [6, 6.07) is 6.57. The van der Waals surface area contributed by atoms with E-state index in [2.05, 4.69) is 25.1 Å². The molecule has 0 spiro atoms. The summed E-state index contributed by atoms with van der Waals surface area (Å²) in [6.45, 7) is 4.59. The smallest absolute Gasteiger partial charge is 0.406 e. The van der Waals surface area contributed by atoms with Gasteiger partial charge in [-0.15, -0.1) is 13.2 Å². The number of hydrogen-bond acceptors (Lipinski definition) is 6. The molecule has 32 heavy (non-hydrogen) atoms. The van der Waals surface area contributed by atoms with Crippen LogP contribution in [0.1, 0.15) is 24.3 Å². The van der Waals surface area contributed by atoms with Crippen molar-refractivity contribution in [2.45, 2.75) is 26.8 Å². The van der Waals surface area contributed by atoms with Crippen LogP contribution in [0.15, 0.2) is 42.7 Å². The fourth-order valence-electron chi connectivity index (χ4n) is 2.88. The topological polar surface area (TPSA) is 102 Å². The van der Waals surface area contributed by atoms with Gasteiger partial charge in [0.25, 0.3) is 5.91 Å². The molecule has 0 radical (unpaired) electrons. The van der Waals surface area contributed by atoms with E-state index in [1.165, 1.54) is 18.2 Å². The molecular weight excluding hydrogens is 427 g/mol. The standard InChI is InChI=1S/C21H22F3N5O3/c1-13(2)11-29-12-15(10-26-29)19-27-17(9-18(28-19)20(31)25-7-8-30)14-3-5-16(6-4-14)32-21(22,23)24/h3-6,9-10,12-13,30H,7-8,11H2,1-2H3,(H,25,31). The molecule has 0 fully saturated rings. The van der Waals surface area contributed by atoms with Crippen molar-refractivity contribution < 1.29 is 27.8 Å². The van der Waals surface area contributed by atoms with E-state index < -0.39 is 12.3 Å². The molecule has 11 heteroatoms. The summed E-state index contributed by atoms with van der Waals surface area (Å²) < 4.78 is 42.9. The summed E-state index contributed by atoms with van der Waals surface area (Å²) >= 11 is 0. The Morgan fingerprint density at radius 2 is 1.91 bits per heavy atom. The SMILES string of the molecule is CC(C)Cn1cc(-c2nc(C(=O)NCCO)cc(-c3ccc(OC(F)(F)F)cc3)n2)cn1. The number of rotatable bonds is 8. The molecule has 1 aromatic carbocycles. The Morgan fingerprint density at radius 3 is 2.53 bits per heavy atom. The van der Waals surface area contributed by atoms with Crippen molar-refractivity contribution in [2.75, 3.05) is 13.2 Å². The molecule has 0 atom stereocenters. The van der Waals surface area contributed by atoms with Crippen molar-refractivity contribution >= 4 is 5.91 Å². The Bertz CT molecular complexity index is 1070. The molecule has 1 amide bonds. The lowest BCUT2D eigenvalue weighted by molar-refractivity contribution is -0.274. The predicted molar refractivity (Wildman–Crippen MR) is 110 cm³/mol. The third kappa shape index (κ3) is 6.27. The van der Waals surface area contributed by atoms with Crippen LogP contribution in [-0.4, -0.2) is 50.3 Å². The fraction of sp³-hybridized carbons (Fsp3) is 0.333. The maximum absolute atomic E-state index is 12.5. The first kappa shape index (κ1) is 23.2. The number of carbonyl (C=O) groups excluding carboxylic acids is 1. The number of aliphatic hydroxyl groups is 1. The quantitative estimate of drug-likeness (QED) is 0.547. The van der Waals surface area contributed by atoms with Crippen LogP contribution in [0.5, 0.6) is 5.75 Å². The summed E-state index contributed by atoms with van der Waals surface area (Å²) in [4.78, 5) is 21.2. The van der Waals surface area contributed by atoms with E-state index in [0.29, 0.717) is 29.3 Å². The molecule has 0 saturated heterocycles. The second-order valence-electron chi connectivity index (χ2n) is 7.36. The Morgan fingerprint density at radius 1 is 1.19 bits per heavy atom. The van der Waals surface area contributed by atoms with Crippen LogP contribution in [0, 0.1) is 5.92 Å². The van der Waals surface area contributed by atoms with E-state index in [1.54, 1.807) is 17.1 Å². The van der Waals surface area contributed by atoms with Gasteiger partial charge >= 0.3 is 6.36 Å². The number of ether oxygens (including phenoxy) is 1.